The molecule has 0 aliphatic carbocycles. The number of nitrogens with two attached hydrogens (primary N) is 1. The summed E-state index contributed by atoms with van der Waals surface area (Å²) in [5, 5.41) is 2.47. The van der Waals surface area contributed by atoms with E-state index in [4.69, 9.17) is 5.73 Å². The average Bonchev–Trinajstić information content (AvgIpc) is 2.42. The molecule has 0 heterocycles. The number of hydrogen-bond acceptors (Lipinski definition) is 4. The minimum atomic E-state index is 0.210. The Labute approximate surface area is 127 Å². The molecule has 0 saturated heterocycles. The van der Waals surface area contributed by atoms with E-state index in [1.165, 1.54) is 19.3 Å². The number of nitrogens with one attached hydrogen (secondary N) is 1. The topological polar surface area (TPSA) is 72.2 Å². The molecule has 112 valence electrons. The standard InChI is InChI=1S/C7H8N2O.C7H15OPS/c8-6-3-1-2-4-7(6)9-5-10;1-2-3-4-5-10-6-7(8)9/h1-5H,8H2,(H,9,10);2-6,9H2,1H3. The molecule has 0 spiro atoms. The maximum atomic E-state index is 10.4. The lowest BCUT2D eigenvalue weighted by Gasteiger charge is -2.00. The SMILES string of the molecule is CCCCCSCC(=O)P.Nc1ccccc1NC=O. The van der Waals surface area contributed by atoms with Gasteiger partial charge in [-0.2, -0.15) is 11.8 Å². The first-order valence-electron chi connectivity index (χ1n) is 6.52. The molecule has 1 unspecified atom stereocenters. The lowest BCUT2D eigenvalue weighted by molar-refractivity contribution is -0.109. The number of anilines is 2. The second kappa shape index (κ2) is 12.9. The smallest absolute Gasteiger partial charge is 0.211 e. The molecule has 1 amide bonds. The third-order valence-electron chi connectivity index (χ3n) is 2.31. The van der Waals surface area contributed by atoms with E-state index >= 15 is 0 Å². The van der Waals surface area contributed by atoms with Crippen LogP contribution in [-0.2, 0) is 9.59 Å². The first-order valence-corrected chi connectivity index (χ1v) is 8.25. The summed E-state index contributed by atoms with van der Waals surface area (Å²) >= 11 is 1.73. The van der Waals surface area contributed by atoms with E-state index in [1.54, 1.807) is 23.9 Å². The van der Waals surface area contributed by atoms with E-state index in [1.807, 2.05) is 12.1 Å². The molecule has 1 aromatic carbocycles. The van der Waals surface area contributed by atoms with Crippen LogP contribution in [0.15, 0.2) is 24.3 Å². The van der Waals surface area contributed by atoms with Crippen LogP contribution in [0, 0.1) is 0 Å². The van der Waals surface area contributed by atoms with Crippen molar-refractivity contribution in [1.82, 2.24) is 0 Å². The molecule has 4 nitrogen and oxygen atoms in total. The predicted octanol–water partition coefficient (Wildman–Crippen LogP) is 3.15. The minimum Gasteiger partial charge on any atom is -0.397 e. The van der Waals surface area contributed by atoms with Gasteiger partial charge in [-0.15, -0.1) is 0 Å². The molecule has 6 heteroatoms. The molecule has 1 atom stereocenters. The van der Waals surface area contributed by atoms with Gasteiger partial charge in [-0.3, -0.25) is 9.59 Å². The Morgan fingerprint density at radius 2 is 2.10 bits per heavy atom. The van der Waals surface area contributed by atoms with Crippen molar-refractivity contribution >= 4 is 44.3 Å². The third kappa shape index (κ3) is 10.8. The molecular weight excluding hydrogens is 291 g/mol. The van der Waals surface area contributed by atoms with Gasteiger partial charge in [0, 0.05) is 0 Å². The summed E-state index contributed by atoms with van der Waals surface area (Å²) < 4.78 is 0. The van der Waals surface area contributed by atoms with Crippen LogP contribution >= 0.6 is 21.0 Å². The number of hydrogen-bond donors (Lipinski definition) is 2. The Morgan fingerprint density at radius 1 is 1.40 bits per heavy atom. The Kier molecular flexibility index (Phi) is 12.3. The molecule has 0 aliphatic heterocycles. The number of para-hydroxylation sites is 2. The Hall–Kier alpha value is -1.06. The molecule has 0 bridgehead atoms. The highest BCUT2D eigenvalue weighted by Crippen LogP contribution is 2.14. The Bertz CT molecular complexity index is 403. The van der Waals surface area contributed by atoms with E-state index in [9.17, 15) is 9.59 Å². The van der Waals surface area contributed by atoms with Crippen molar-refractivity contribution in [3.63, 3.8) is 0 Å². The molecule has 20 heavy (non-hydrogen) atoms. The fraction of sp³-hybridized carbons (Fsp3) is 0.429. The lowest BCUT2D eigenvalue weighted by Crippen LogP contribution is -1.97. The fourth-order valence-electron chi connectivity index (χ4n) is 1.32. The molecule has 0 radical (unpaired) electrons. The maximum absolute atomic E-state index is 10.4. The largest absolute Gasteiger partial charge is 0.397 e. The molecule has 1 rings (SSSR count). The van der Waals surface area contributed by atoms with E-state index in [0.29, 0.717) is 23.5 Å². The van der Waals surface area contributed by atoms with Crippen LogP contribution in [0.25, 0.3) is 0 Å². The third-order valence-corrected chi connectivity index (χ3v) is 3.88. The van der Waals surface area contributed by atoms with Gasteiger partial charge in [0.15, 0.2) is 5.52 Å². The Balaban J connectivity index is 0.000000361. The molecule has 0 aromatic heterocycles. The van der Waals surface area contributed by atoms with Crippen LogP contribution < -0.4 is 11.1 Å². The van der Waals surface area contributed by atoms with Crippen molar-refractivity contribution < 1.29 is 9.59 Å². The minimum absolute atomic E-state index is 0.210. The van der Waals surface area contributed by atoms with Crippen molar-refractivity contribution in [2.75, 3.05) is 22.6 Å². The van der Waals surface area contributed by atoms with Crippen LogP contribution in [0.5, 0.6) is 0 Å². The fourth-order valence-corrected chi connectivity index (χ4v) is 2.43. The van der Waals surface area contributed by atoms with Gasteiger partial charge in [-0.1, -0.05) is 41.1 Å². The summed E-state index contributed by atoms with van der Waals surface area (Å²) in [4.78, 5) is 20.4. The van der Waals surface area contributed by atoms with E-state index in [0.717, 1.165) is 5.75 Å². The highest BCUT2D eigenvalue weighted by atomic mass is 32.2. The zero-order chi connectivity index (χ0) is 15.2. The second-order valence-corrected chi connectivity index (χ2v) is 5.82. The highest BCUT2D eigenvalue weighted by Gasteiger charge is 1.93. The van der Waals surface area contributed by atoms with Crippen molar-refractivity contribution in [2.45, 2.75) is 26.2 Å². The zero-order valence-electron chi connectivity index (χ0n) is 11.8. The summed E-state index contributed by atoms with van der Waals surface area (Å²) in [5.74, 6) is 1.79. The van der Waals surface area contributed by atoms with E-state index in [2.05, 4.69) is 21.5 Å². The summed E-state index contributed by atoms with van der Waals surface area (Å²) in [7, 11) is 2.20. The van der Waals surface area contributed by atoms with Gasteiger partial charge in [0.25, 0.3) is 0 Å². The Morgan fingerprint density at radius 3 is 2.65 bits per heavy atom. The predicted molar refractivity (Wildman–Crippen MR) is 92.1 cm³/mol. The van der Waals surface area contributed by atoms with Crippen molar-refractivity contribution in [3.05, 3.63) is 24.3 Å². The van der Waals surface area contributed by atoms with E-state index in [-0.39, 0.29) is 5.52 Å². The first kappa shape index (κ1) is 18.9. The summed E-state index contributed by atoms with van der Waals surface area (Å²) in [6, 6.07) is 7.09. The lowest BCUT2D eigenvalue weighted by atomic mass is 10.3. The molecular formula is C14H23N2O2PS. The number of benzene rings is 1. The number of carbonyl (C=O) groups is 2. The number of rotatable bonds is 8. The number of thioether (sulfide) groups is 1. The van der Waals surface area contributed by atoms with E-state index < -0.39 is 0 Å². The van der Waals surface area contributed by atoms with Crippen LogP contribution in [0.3, 0.4) is 0 Å². The van der Waals surface area contributed by atoms with Gasteiger partial charge in [-0.05, 0) is 24.3 Å². The monoisotopic (exact) mass is 314 g/mol. The normalized spacial score (nSPS) is 9.30. The van der Waals surface area contributed by atoms with Crippen LogP contribution in [-0.4, -0.2) is 23.4 Å². The molecule has 0 fully saturated rings. The van der Waals surface area contributed by atoms with Gasteiger partial charge < -0.3 is 11.1 Å². The number of nitrogen functional groups attached to an aromatic ring is 1. The van der Waals surface area contributed by atoms with Gasteiger partial charge in [-0.25, -0.2) is 0 Å². The van der Waals surface area contributed by atoms with Crippen LogP contribution in [0.4, 0.5) is 11.4 Å². The van der Waals surface area contributed by atoms with Gasteiger partial charge in [0.1, 0.15) is 0 Å². The summed E-state index contributed by atoms with van der Waals surface area (Å²) in [6.45, 7) is 2.19. The maximum Gasteiger partial charge on any atom is 0.211 e. The highest BCUT2D eigenvalue weighted by molar-refractivity contribution is 8.00. The number of amides is 1. The molecule has 0 saturated carbocycles. The van der Waals surface area contributed by atoms with Gasteiger partial charge in [0.05, 0.1) is 17.1 Å². The second-order valence-electron chi connectivity index (χ2n) is 4.08. The number of unbranched alkanes of at least 4 members (excludes halogenated alkanes) is 2. The summed E-state index contributed by atoms with van der Waals surface area (Å²) in [5.41, 5.74) is 6.92. The van der Waals surface area contributed by atoms with Crippen molar-refractivity contribution in [3.8, 4) is 0 Å². The van der Waals surface area contributed by atoms with Crippen LogP contribution in [0.2, 0.25) is 0 Å². The van der Waals surface area contributed by atoms with Crippen molar-refractivity contribution in [2.24, 2.45) is 0 Å². The molecule has 1 aromatic rings. The summed E-state index contributed by atoms with van der Waals surface area (Å²) in [6.07, 6.45) is 4.40. The molecule has 3 N–H and O–H groups in total. The quantitative estimate of drug-likeness (QED) is 0.335. The van der Waals surface area contributed by atoms with Crippen molar-refractivity contribution in [1.29, 1.82) is 0 Å². The molecule has 0 aliphatic rings. The van der Waals surface area contributed by atoms with Gasteiger partial charge in [0.2, 0.25) is 6.41 Å². The van der Waals surface area contributed by atoms with Crippen LogP contribution in [0.1, 0.15) is 26.2 Å². The van der Waals surface area contributed by atoms with Gasteiger partial charge >= 0.3 is 0 Å². The first-order chi connectivity index (χ1) is 9.61. The average molecular weight is 314 g/mol. The zero-order valence-corrected chi connectivity index (χ0v) is 13.8. The number of carbonyl (C=O) groups excluding carboxylic acids is 2.